The van der Waals surface area contributed by atoms with Crippen molar-refractivity contribution in [2.45, 2.75) is 32.7 Å². The molecule has 1 heterocycles. The van der Waals surface area contributed by atoms with Gasteiger partial charge in [-0.25, -0.2) is 0 Å². The van der Waals surface area contributed by atoms with Crippen molar-refractivity contribution in [3.05, 3.63) is 27.7 Å². The molecule has 3 nitrogen and oxygen atoms in total. The Labute approximate surface area is 136 Å². The Kier molecular flexibility index (Phi) is 6.62. The summed E-state index contributed by atoms with van der Waals surface area (Å²) in [6.45, 7) is 7.14. The number of rotatable bonds is 6. The molecule has 0 bridgehead atoms. The van der Waals surface area contributed by atoms with Gasteiger partial charge in [0.25, 0.3) is 0 Å². The minimum Gasteiger partial charge on any atom is -0.492 e. The van der Waals surface area contributed by atoms with Crippen LogP contribution >= 0.6 is 23.2 Å². The standard InChI is InChI=1S/C16H23Cl2NO2/c1-3-19-16(11-5-7-20-8-6-11)12-9-14(18)15(21-4-2)10-13(12)17/h9-11,16,19H,3-8H2,1-2H3. The summed E-state index contributed by atoms with van der Waals surface area (Å²) in [5.41, 5.74) is 1.05. The average Bonchev–Trinajstić information content (AvgIpc) is 2.50. The summed E-state index contributed by atoms with van der Waals surface area (Å²) in [4.78, 5) is 0. The van der Waals surface area contributed by atoms with Gasteiger partial charge in [0.1, 0.15) is 5.75 Å². The Hall–Kier alpha value is -0.480. The van der Waals surface area contributed by atoms with Crippen LogP contribution in [0.5, 0.6) is 5.75 Å². The Morgan fingerprint density at radius 3 is 2.57 bits per heavy atom. The van der Waals surface area contributed by atoms with Crippen LogP contribution < -0.4 is 10.1 Å². The molecule has 1 saturated heterocycles. The van der Waals surface area contributed by atoms with E-state index in [4.69, 9.17) is 32.7 Å². The quantitative estimate of drug-likeness (QED) is 0.834. The summed E-state index contributed by atoms with van der Waals surface area (Å²) < 4.78 is 11.0. The third kappa shape index (κ3) is 4.26. The largest absolute Gasteiger partial charge is 0.492 e. The summed E-state index contributed by atoms with van der Waals surface area (Å²) >= 11 is 12.8. The summed E-state index contributed by atoms with van der Waals surface area (Å²) in [5.74, 6) is 1.17. The molecule has 0 aliphatic carbocycles. The van der Waals surface area contributed by atoms with E-state index >= 15 is 0 Å². The molecule has 5 heteroatoms. The highest BCUT2D eigenvalue weighted by molar-refractivity contribution is 6.34. The highest BCUT2D eigenvalue weighted by Crippen LogP contribution is 2.38. The van der Waals surface area contributed by atoms with Crippen molar-refractivity contribution in [2.24, 2.45) is 5.92 Å². The van der Waals surface area contributed by atoms with Crippen molar-refractivity contribution < 1.29 is 9.47 Å². The summed E-state index contributed by atoms with van der Waals surface area (Å²) in [5, 5.41) is 4.87. The maximum Gasteiger partial charge on any atom is 0.139 e. The van der Waals surface area contributed by atoms with Crippen LogP contribution in [0.25, 0.3) is 0 Å². The molecule has 0 aromatic heterocycles. The van der Waals surface area contributed by atoms with Gasteiger partial charge in [-0.2, -0.15) is 0 Å². The van der Waals surface area contributed by atoms with Gasteiger partial charge in [-0.3, -0.25) is 0 Å². The minimum absolute atomic E-state index is 0.208. The molecule has 0 amide bonds. The van der Waals surface area contributed by atoms with Crippen LogP contribution in [0.3, 0.4) is 0 Å². The first-order chi connectivity index (χ1) is 10.2. The molecule has 0 spiro atoms. The Morgan fingerprint density at radius 2 is 1.95 bits per heavy atom. The van der Waals surface area contributed by atoms with Gasteiger partial charge in [0.2, 0.25) is 0 Å². The first kappa shape index (κ1) is 16.9. The molecular weight excluding hydrogens is 309 g/mol. The van der Waals surface area contributed by atoms with Crippen LogP contribution in [0.15, 0.2) is 12.1 Å². The highest BCUT2D eigenvalue weighted by Gasteiger charge is 2.27. The molecule has 1 atom stereocenters. The molecular formula is C16H23Cl2NO2. The number of halogens is 2. The highest BCUT2D eigenvalue weighted by atomic mass is 35.5. The summed E-state index contributed by atoms with van der Waals surface area (Å²) in [6, 6.07) is 3.98. The molecule has 1 aromatic rings. The lowest BCUT2D eigenvalue weighted by Crippen LogP contribution is -2.32. The lowest BCUT2D eigenvalue weighted by molar-refractivity contribution is 0.0538. The lowest BCUT2D eigenvalue weighted by atomic mass is 9.87. The maximum atomic E-state index is 6.48. The Balaban J connectivity index is 2.28. The Morgan fingerprint density at radius 1 is 1.24 bits per heavy atom. The molecule has 1 aliphatic heterocycles. The van der Waals surface area contributed by atoms with Crippen LogP contribution in [0, 0.1) is 5.92 Å². The van der Waals surface area contributed by atoms with E-state index in [1.165, 1.54) is 0 Å². The Bertz CT molecular complexity index is 462. The minimum atomic E-state index is 0.208. The zero-order valence-corrected chi connectivity index (χ0v) is 14.1. The molecule has 1 unspecified atom stereocenters. The normalized spacial score (nSPS) is 17.7. The first-order valence-corrected chi connectivity index (χ1v) is 8.35. The van der Waals surface area contributed by atoms with Crippen LogP contribution in [0.4, 0.5) is 0 Å². The number of nitrogens with one attached hydrogen (secondary N) is 1. The monoisotopic (exact) mass is 331 g/mol. The van der Waals surface area contributed by atoms with Crippen LogP contribution in [0.2, 0.25) is 10.0 Å². The van der Waals surface area contributed by atoms with Gasteiger partial charge in [-0.1, -0.05) is 30.1 Å². The van der Waals surface area contributed by atoms with E-state index in [1.54, 1.807) is 0 Å². The van der Waals surface area contributed by atoms with Crippen molar-refractivity contribution >= 4 is 23.2 Å². The van der Waals surface area contributed by atoms with E-state index in [2.05, 4.69) is 12.2 Å². The molecule has 2 rings (SSSR count). The van der Waals surface area contributed by atoms with Crippen molar-refractivity contribution in [1.29, 1.82) is 0 Å². The van der Waals surface area contributed by atoms with Gasteiger partial charge in [0.05, 0.1) is 11.6 Å². The second-order valence-corrected chi connectivity index (χ2v) is 6.04. The number of ether oxygens (including phenoxy) is 2. The maximum absolute atomic E-state index is 6.48. The van der Waals surface area contributed by atoms with Gasteiger partial charge in [-0.05, 0) is 43.9 Å². The zero-order valence-electron chi connectivity index (χ0n) is 12.6. The smallest absolute Gasteiger partial charge is 0.139 e. The van der Waals surface area contributed by atoms with Crippen molar-refractivity contribution in [3.63, 3.8) is 0 Å². The first-order valence-electron chi connectivity index (χ1n) is 7.60. The lowest BCUT2D eigenvalue weighted by Gasteiger charge is -2.32. The fraction of sp³-hybridized carbons (Fsp3) is 0.625. The molecule has 1 N–H and O–H groups in total. The van der Waals surface area contributed by atoms with E-state index in [-0.39, 0.29) is 6.04 Å². The van der Waals surface area contributed by atoms with Gasteiger partial charge in [0.15, 0.2) is 0 Å². The van der Waals surface area contributed by atoms with Crippen molar-refractivity contribution in [2.75, 3.05) is 26.4 Å². The molecule has 21 heavy (non-hydrogen) atoms. The van der Waals surface area contributed by atoms with Crippen molar-refractivity contribution in [1.82, 2.24) is 5.32 Å². The SMILES string of the molecule is CCNC(c1cc(Cl)c(OCC)cc1Cl)C1CCOCC1. The van der Waals surface area contributed by atoms with Gasteiger partial charge < -0.3 is 14.8 Å². The molecule has 0 radical (unpaired) electrons. The third-order valence-corrected chi connectivity index (χ3v) is 4.47. The van der Waals surface area contributed by atoms with E-state index in [0.29, 0.717) is 28.3 Å². The second kappa shape index (κ2) is 8.23. The third-order valence-electron chi connectivity index (χ3n) is 3.85. The van der Waals surface area contributed by atoms with Gasteiger partial charge in [-0.15, -0.1) is 0 Å². The van der Waals surface area contributed by atoms with E-state index < -0.39 is 0 Å². The molecule has 0 saturated carbocycles. The number of hydrogen-bond donors (Lipinski definition) is 1. The van der Waals surface area contributed by atoms with Crippen LogP contribution in [-0.4, -0.2) is 26.4 Å². The summed E-state index contributed by atoms with van der Waals surface area (Å²) in [7, 11) is 0. The zero-order chi connectivity index (χ0) is 15.2. The van der Waals surface area contributed by atoms with E-state index in [0.717, 1.165) is 38.2 Å². The predicted molar refractivity (Wildman–Crippen MR) is 87.6 cm³/mol. The topological polar surface area (TPSA) is 30.5 Å². The van der Waals surface area contributed by atoms with Crippen molar-refractivity contribution in [3.8, 4) is 5.75 Å². The number of hydrogen-bond acceptors (Lipinski definition) is 3. The molecule has 1 aliphatic rings. The fourth-order valence-electron chi connectivity index (χ4n) is 2.85. The second-order valence-electron chi connectivity index (χ2n) is 5.22. The average molecular weight is 332 g/mol. The van der Waals surface area contributed by atoms with Gasteiger partial charge in [0, 0.05) is 30.3 Å². The molecule has 1 fully saturated rings. The van der Waals surface area contributed by atoms with Crippen LogP contribution in [-0.2, 0) is 4.74 Å². The van der Waals surface area contributed by atoms with Crippen LogP contribution in [0.1, 0.15) is 38.3 Å². The fourth-order valence-corrected chi connectivity index (χ4v) is 3.35. The predicted octanol–water partition coefficient (Wildman–Crippen LogP) is 4.47. The van der Waals surface area contributed by atoms with E-state index in [1.807, 2.05) is 19.1 Å². The van der Waals surface area contributed by atoms with E-state index in [9.17, 15) is 0 Å². The molecule has 118 valence electrons. The number of benzene rings is 1. The molecule has 1 aromatic carbocycles. The van der Waals surface area contributed by atoms with Gasteiger partial charge >= 0.3 is 0 Å². The summed E-state index contributed by atoms with van der Waals surface area (Å²) in [6.07, 6.45) is 2.08.